The van der Waals surface area contributed by atoms with Gasteiger partial charge in [-0.05, 0) is 33.1 Å². The molecule has 7 heteroatoms. The van der Waals surface area contributed by atoms with Gasteiger partial charge in [0.2, 0.25) is 5.91 Å². The molecule has 1 aliphatic carbocycles. The Balaban J connectivity index is 1.53. The molecule has 0 saturated heterocycles. The van der Waals surface area contributed by atoms with Crippen LogP contribution in [0.15, 0.2) is 41.3 Å². The summed E-state index contributed by atoms with van der Waals surface area (Å²) in [4.78, 5) is 41.0. The van der Waals surface area contributed by atoms with E-state index in [0.29, 0.717) is 22.9 Å². The molecule has 3 aromatic rings. The molecule has 0 spiro atoms. The van der Waals surface area contributed by atoms with Gasteiger partial charge in [0.1, 0.15) is 5.82 Å². The van der Waals surface area contributed by atoms with Gasteiger partial charge in [-0.2, -0.15) is 0 Å². The first kappa shape index (κ1) is 19.0. The van der Waals surface area contributed by atoms with Gasteiger partial charge in [0.15, 0.2) is 5.82 Å². The molecule has 0 bridgehead atoms. The van der Waals surface area contributed by atoms with Crippen molar-refractivity contribution in [2.24, 2.45) is 0 Å². The van der Waals surface area contributed by atoms with Gasteiger partial charge < -0.3 is 10.3 Å². The van der Waals surface area contributed by atoms with E-state index < -0.39 is 0 Å². The third kappa shape index (κ3) is 4.08. The Bertz CT molecular complexity index is 1110. The zero-order chi connectivity index (χ0) is 20.4. The largest absolute Gasteiger partial charge is 0.349 e. The van der Waals surface area contributed by atoms with Crippen LogP contribution in [0.2, 0.25) is 0 Å². The number of amides is 1. The number of nitrogens with one attached hydrogen (secondary N) is 2. The zero-order valence-corrected chi connectivity index (χ0v) is 16.5. The van der Waals surface area contributed by atoms with Gasteiger partial charge in [-0.25, -0.2) is 15.0 Å². The van der Waals surface area contributed by atoms with Crippen molar-refractivity contribution >= 4 is 5.91 Å². The Morgan fingerprint density at radius 3 is 2.76 bits per heavy atom. The number of aryl methyl sites for hydroxylation is 3. The van der Waals surface area contributed by atoms with E-state index in [4.69, 9.17) is 4.98 Å². The maximum atomic E-state index is 12.6. The molecule has 0 unspecified atom stereocenters. The van der Waals surface area contributed by atoms with Gasteiger partial charge in [0.25, 0.3) is 5.56 Å². The minimum absolute atomic E-state index is 0.00321. The number of fused-ring (bicyclic) bond motifs is 1. The normalized spacial score (nSPS) is 15.6. The van der Waals surface area contributed by atoms with Crippen molar-refractivity contribution in [1.29, 1.82) is 0 Å². The fraction of sp³-hybridized carbons (Fsp3) is 0.318. The second-order valence-corrected chi connectivity index (χ2v) is 7.37. The van der Waals surface area contributed by atoms with E-state index >= 15 is 0 Å². The third-order valence-corrected chi connectivity index (χ3v) is 5.23. The molecule has 7 nitrogen and oxygen atoms in total. The van der Waals surface area contributed by atoms with Crippen molar-refractivity contribution in [2.75, 3.05) is 0 Å². The first-order valence-electron chi connectivity index (χ1n) is 9.78. The fourth-order valence-corrected chi connectivity index (χ4v) is 3.79. The molecule has 0 saturated carbocycles. The van der Waals surface area contributed by atoms with Gasteiger partial charge in [0, 0.05) is 34.3 Å². The maximum absolute atomic E-state index is 12.6. The topological polar surface area (TPSA) is 101 Å². The van der Waals surface area contributed by atoms with E-state index in [0.717, 1.165) is 36.1 Å². The van der Waals surface area contributed by atoms with Crippen molar-refractivity contribution in [3.63, 3.8) is 0 Å². The minimum Gasteiger partial charge on any atom is -0.349 e. The first-order chi connectivity index (χ1) is 14.0. The number of nitrogens with zero attached hydrogens (tertiary/aromatic N) is 3. The highest BCUT2D eigenvalue weighted by Gasteiger charge is 2.24. The molecule has 148 valence electrons. The lowest BCUT2D eigenvalue weighted by molar-refractivity contribution is -0.121. The molecule has 0 radical (unpaired) electrons. The van der Waals surface area contributed by atoms with Crippen LogP contribution in [0.1, 0.15) is 47.2 Å². The predicted octanol–water partition coefficient (Wildman–Crippen LogP) is 2.58. The molecule has 29 heavy (non-hydrogen) atoms. The summed E-state index contributed by atoms with van der Waals surface area (Å²) in [6.45, 7) is 3.47. The molecule has 1 atom stereocenters. The lowest BCUT2D eigenvalue weighted by Gasteiger charge is -2.25. The summed E-state index contributed by atoms with van der Waals surface area (Å²) >= 11 is 0. The zero-order valence-electron chi connectivity index (χ0n) is 16.5. The summed E-state index contributed by atoms with van der Waals surface area (Å²) in [7, 11) is 0. The van der Waals surface area contributed by atoms with Crippen LogP contribution in [0.5, 0.6) is 0 Å². The van der Waals surface area contributed by atoms with Gasteiger partial charge >= 0.3 is 0 Å². The second-order valence-electron chi connectivity index (χ2n) is 7.37. The van der Waals surface area contributed by atoms with Crippen LogP contribution < -0.4 is 10.9 Å². The summed E-state index contributed by atoms with van der Waals surface area (Å²) in [5.41, 5.74) is 3.63. The van der Waals surface area contributed by atoms with Crippen molar-refractivity contribution in [3.05, 3.63) is 75.2 Å². The van der Waals surface area contributed by atoms with E-state index in [1.165, 1.54) is 0 Å². The van der Waals surface area contributed by atoms with Crippen LogP contribution in [-0.4, -0.2) is 25.8 Å². The lowest BCUT2D eigenvalue weighted by atomic mass is 9.92. The van der Waals surface area contributed by atoms with Crippen LogP contribution in [0.25, 0.3) is 11.4 Å². The third-order valence-electron chi connectivity index (χ3n) is 5.23. The molecule has 0 fully saturated rings. The number of hydrogen-bond donors (Lipinski definition) is 2. The molecule has 2 heterocycles. The van der Waals surface area contributed by atoms with Crippen LogP contribution in [0.4, 0.5) is 0 Å². The highest BCUT2D eigenvalue weighted by molar-refractivity contribution is 5.79. The molecule has 1 aromatic carbocycles. The van der Waals surface area contributed by atoms with E-state index in [9.17, 15) is 9.59 Å². The Morgan fingerprint density at radius 2 is 2.00 bits per heavy atom. The molecule has 1 amide bonds. The van der Waals surface area contributed by atoms with Crippen LogP contribution in [-0.2, 0) is 17.6 Å². The molecule has 0 aliphatic heterocycles. The Kier molecular flexibility index (Phi) is 5.20. The summed E-state index contributed by atoms with van der Waals surface area (Å²) in [6.07, 6.45) is 4.46. The smallest absolute Gasteiger partial charge is 0.254 e. The average molecular weight is 389 g/mol. The SMILES string of the molecule is Cc1nc(C)c(CC(=O)N[C@@H]2CCCc3nc(-c4ccccc4)ncc32)c(=O)[nH]1. The Hall–Kier alpha value is -3.35. The van der Waals surface area contributed by atoms with Crippen LogP contribution in [0.3, 0.4) is 0 Å². The monoisotopic (exact) mass is 389 g/mol. The average Bonchev–Trinajstić information content (AvgIpc) is 2.71. The number of aromatic nitrogens is 4. The second kappa shape index (κ2) is 7.95. The maximum Gasteiger partial charge on any atom is 0.254 e. The summed E-state index contributed by atoms with van der Waals surface area (Å²) in [5.74, 6) is 1.04. The molecular weight excluding hydrogens is 366 g/mol. The van der Waals surface area contributed by atoms with Gasteiger partial charge in [0.05, 0.1) is 12.5 Å². The van der Waals surface area contributed by atoms with E-state index in [2.05, 4.69) is 20.3 Å². The van der Waals surface area contributed by atoms with E-state index in [1.54, 1.807) is 13.8 Å². The minimum atomic E-state index is -0.259. The van der Waals surface area contributed by atoms with Crippen LogP contribution >= 0.6 is 0 Å². The van der Waals surface area contributed by atoms with E-state index in [1.807, 2.05) is 36.5 Å². The Morgan fingerprint density at radius 1 is 1.21 bits per heavy atom. The van der Waals surface area contributed by atoms with Crippen molar-refractivity contribution in [1.82, 2.24) is 25.3 Å². The highest BCUT2D eigenvalue weighted by atomic mass is 16.2. The van der Waals surface area contributed by atoms with Crippen molar-refractivity contribution in [3.8, 4) is 11.4 Å². The summed E-state index contributed by atoms with van der Waals surface area (Å²) in [6, 6.07) is 9.71. The van der Waals surface area contributed by atoms with Gasteiger partial charge in [-0.3, -0.25) is 9.59 Å². The molecule has 2 aromatic heterocycles. The number of H-pyrrole nitrogens is 1. The Labute approximate surface area is 168 Å². The number of aromatic amines is 1. The highest BCUT2D eigenvalue weighted by Crippen LogP contribution is 2.29. The number of carbonyl (C=O) groups is 1. The summed E-state index contributed by atoms with van der Waals surface area (Å²) in [5, 5.41) is 3.05. The number of benzene rings is 1. The standard InChI is InChI=1S/C22H23N5O2/c1-13-16(22(29)25-14(2)24-13)11-20(28)26-18-9-6-10-19-17(18)12-23-21(27-19)15-7-4-3-5-8-15/h3-5,7-8,12,18H,6,9-11H2,1-2H3,(H,26,28)(H,24,25,29)/t18-/m1/s1. The molecular formula is C22H23N5O2. The number of carbonyl (C=O) groups excluding carboxylic acids is 1. The molecule has 2 N–H and O–H groups in total. The number of hydrogen-bond acceptors (Lipinski definition) is 5. The fourth-order valence-electron chi connectivity index (χ4n) is 3.79. The number of rotatable bonds is 4. The quantitative estimate of drug-likeness (QED) is 0.714. The van der Waals surface area contributed by atoms with Gasteiger partial charge in [-0.1, -0.05) is 30.3 Å². The molecule has 4 rings (SSSR count). The van der Waals surface area contributed by atoms with Crippen LogP contribution in [0, 0.1) is 13.8 Å². The van der Waals surface area contributed by atoms with Gasteiger partial charge in [-0.15, -0.1) is 0 Å². The predicted molar refractivity (Wildman–Crippen MR) is 109 cm³/mol. The van der Waals surface area contributed by atoms with Crippen molar-refractivity contribution in [2.45, 2.75) is 45.6 Å². The van der Waals surface area contributed by atoms with Crippen molar-refractivity contribution < 1.29 is 4.79 Å². The molecule has 1 aliphatic rings. The first-order valence-corrected chi connectivity index (χ1v) is 9.78. The lowest BCUT2D eigenvalue weighted by Crippen LogP contribution is -2.34. The summed E-state index contributed by atoms with van der Waals surface area (Å²) < 4.78 is 0. The van der Waals surface area contributed by atoms with E-state index in [-0.39, 0.29) is 23.9 Å².